The summed E-state index contributed by atoms with van der Waals surface area (Å²) in [6, 6.07) is 13.8. The van der Waals surface area contributed by atoms with E-state index in [0.29, 0.717) is 23.2 Å². The normalized spacial score (nSPS) is 19.4. The van der Waals surface area contributed by atoms with E-state index in [1.54, 1.807) is 36.4 Å². The Bertz CT molecular complexity index is 916. The Kier molecular flexibility index (Phi) is 7.46. The molecule has 0 unspecified atom stereocenters. The fraction of sp³-hybridized carbons (Fsp3) is 0.350. The summed E-state index contributed by atoms with van der Waals surface area (Å²) in [7, 11) is -3.28. The van der Waals surface area contributed by atoms with Crippen LogP contribution in [0.15, 0.2) is 53.4 Å². The van der Waals surface area contributed by atoms with Gasteiger partial charge in [-0.05, 0) is 68.8 Å². The van der Waals surface area contributed by atoms with Crippen molar-refractivity contribution < 1.29 is 17.9 Å². The molecule has 0 saturated carbocycles. The second kappa shape index (κ2) is 9.41. The van der Waals surface area contributed by atoms with E-state index in [2.05, 4.69) is 17.6 Å². The van der Waals surface area contributed by atoms with Gasteiger partial charge < -0.3 is 15.4 Å². The highest BCUT2D eigenvalue weighted by Gasteiger charge is 2.24. The number of nitrogens with one attached hydrogen (secondary N) is 2. The number of carbonyl (C=O) groups excluding carboxylic acids is 1. The number of rotatable bonds is 5. The van der Waals surface area contributed by atoms with Gasteiger partial charge in [-0.3, -0.25) is 4.79 Å². The van der Waals surface area contributed by atoms with Crippen LogP contribution in [0.25, 0.3) is 0 Å². The van der Waals surface area contributed by atoms with E-state index in [0.717, 1.165) is 25.6 Å². The minimum atomic E-state index is -3.28. The molecule has 28 heavy (non-hydrogen) atoms. The smallest absolute Gasteiger partial charge is 0.227 e. The standard InChI is InChI=1S/C20H24N2O4S.ClH/c1-14-12-15(10-11-21-14)20(23)22-16-6-8-17(9-7-16)26-18-4-3-5-19(13-18)27(2,24)25;/h3-9,13-15,21H,10-12H2,1-2H3,(H,22,23);1H/t14-,15-;/m0./s1. The molecule has 0 aliphatic carbocycles. The maximum absolute atomic E-state index is 12.4. The van der Waals surface area contributed by atoms with Crippen LogP contribution in [0.4, 0.5) is 5.69 Å². The van der Waals surface area contributed by atoms with Gasteiger partial charge in [-0.15, -0.1) is 12.4 Å². The number of hydrogen-bond acceptors (Lipinski definition) is 5. The second-order valence-electron chi connectivity index (χ2n) is 6.94. The predicted molar refractivity (Wildman–Crippen MR) is 112 cm³/mol. The summed E-state index contributed by atoms with van der Waals surface area (Å²) in [6.07, 6.45) is 2.84. The highest BCUT2D eigenvalue weighted by atomic mass is 35.5. The Morgan fingerprint density at radius 1 is 1.14 bits per heavy atom. The maximum Gasteiger partial charge on any atom is 0.227 e. The van der Waals surface area contributed by atoms with Gasteiger partial charge in [-0.25, -0.2) is 8.42 Å². The van der Waals surface area contributed by atoms with Crippen molar-refractivity contribution >= 4 is 33.8 Å². The molecule has 8 heteroatoms. The molecule has 0 bridgehead atoms. The molecule has 1 amide bonds. The molecule has 0 spiro atoms. The summed E-state index contributed by atoms with van der Waals surface area (Å²) in [5.74, 6) is 1.07. The van der Waals surface area contributed by atoms with Gasteiger partial charge in [0.25, 0.3) is 0 Å². The average Bonchev–Trinajstić information content (AvgIpc) is 2.63. The molecule has 1 aliphatic rings. The fourth-order valence-corrected chi connectivity index (χ4v) is 3.78. The van der Waals surface area contributed by atoms with Crippen LogP contribution in [0.1, 0.15) is 19.8 Å². The SMILES string of the molecule is C[C@H]1C[C@@H](C(=O)Nc2ccc(Oc3cccc(S(C)(=O)=O)c3)cc2)CCN1.Cl. The Balaban J connectivity index is 0.00000280. The van der Waals surface area contributed by atoms with Crippen molar-refractivity contribution in [3.05, 3.63) is 48.5 Å². The zero-order valence-electron chi connectivity index (χ0n) is 15.8. The molecule has 1 heterocycles. The predicted octanol–water partition coefficient (Wildman–Crippen LogP) is 3.63. The lowest BCUT2D eigenvalue weighted by molar-refractivity contribution is -0.120. The first-order valence-corrected chi connectivity index (χ1v) is 10.8. The highest BCUT2D eigenvalue weighted by molar-refractivity contribution is 7.90. The molecule has 0 aromatic heterocycles. The molecule has 152 valence electrons. The number of benzene rings is 2. The van der Waals surface area contributed by atoms with Crippen molar-refractivity contribution in [1.82, 2.24) is 5.32 Å². The third kappa shape index (κ3) is 5.95. The number of hydrogen-bond donors (Lipinski definition) is 2. The van der Waals surface area contributed by atoms with Crippen molar-refractivity contribution in [1.29, 1.82) is 0 Å². The van der Waals surface area contributed by atoms with E-state index in [4.69, 9.17) is 4.74 Å². The molecule has 0 radical (unpaired) electrons. The zero-order valence-corrected chi connectivity index (χ0v) is 17.5. The lowest BCUT2D eigenvalue weighted by Gasteiger charge is -2.27. The molecule has 6 nitrogen and oxygen atoms in total. The fourth-order valence-electron chi connectivity index (χ4n) is 3.13. The number of carbonyl (C=O) groups is 1. The first-order valence-electron chi connectivity index (χ1n) is 8.93. The van der Waals surface area contributed by atoms with Crippen molar-refractivity contribution in [2.24, 2.45) is 5.92 Å². The molecule has 3 rings (SSSR count). The number of ether oxygens (including phenoxy) is 1. The number of halogens is 1. The zero-order chi connectivity index (χ0) is 19.4. The third-order valence-corrected chi connectivity index (χ3v) is 5.70. The van der Waals surface area contributed by atoms with Gasteiger partial charge >= 0.3 is 0 Å². The molecule has 1 fully saturated rings. The second-order valence-corrected chi connectivity index (χ2v) is 8.95. The average molecular weight is 425 g/mol. The summed E-state index contributed by atoms with van der Waals surface area (Å²) >= 11 is 0. The van der Waals surface area contributed by atoms with Gasteiger partial charge in [-0.1, -0.05) is 6.07 Å². The number of amides is 1. The minimum absolute atomic E-state index is 0. The number of sulfone groups is 1. The lowest BCUT2D eigenvalue weighted by atomic mass is 9.92. The van der Waals surface area contributed by atoms with Crippen LogP contribution < -0.4 is 15.4 Å². The van der Waals surface area contributed by atoms with Crippen LogP contribution in [-0.2, 0) is 14.6 Å². The van der Waals surface area contributed by atoms with Crippen molar-refractivity contribution in [2.45, 2.75) is 30.7 Å². The lowest BCUT2D eigenvalue weighted by Crippen LogP contribution is -2.40. The molecular weight excluding hydrogens is 400 g/mol. The van der Waals surface area contributed by atoms with E-state index >= 15 is 0 Å². The van der Waals surface area contributed by atoms with Crippen molar-refractivity contribution in [3.63, 3.8) is 0 Å². The summed E-state index contributed by atoms with van der Waals surface area (Å²) in [5, 5.41) is 6.29. The Hall–Kier alpha value is -2.09. The van der Waals surface area contributed by atoms with E-state index in [9.17, 15) is 13.2 Å². The van der Waals surface area contributed by atoms with Gasteiger partial charge in [0.05, 0.1) is 4.90 Å². The summed E-state index contributed by atoms with van der Waals surface area (Å²) < 4.78 is 29.0. The van der Waals surface area contributed by atoms with Gasteiger partial charge in [0, 0.05) is 23.9 Å². The first-order chi connectivity index (χ1) is 12.8. The van der Waals surface area contributed by atoms with Crippen LogP contribution in [0, 0.1) is 5.92 Å². The Labute approximate surface area is 172 Å². The quantitative estimate of drug-likeness (QED) is 0.765. The van der Waals surface area contributed by atoms with Crippen LogP contribution >= 0.6 is 12.4 Å². The van der Waals surface area contributed by atoms with Crippen molar-refractivity contribution in [2.75, 3.05) is 18.1 Å². The van der Waals surface area contributed by atoms with Gasteiger partial charge in [0.15, 0.2) is 9.84 Å². The molecule has 1 saturated heterocycles. The van der Waals surface area contributed by atoms with Gasteiger partial charge in [0.1, 0.15) is 11.5 Å². The van der Waals surface area contributed by atoms with E-state index < -0.39 is 9.84 Å². The van der Waals surface area contributed by atoms with Crippen LogP contribution in [0.3, 0.4) is 0 Å². The molecule has 2 atom stereocenters. The number of anilines is 1. The summed E-state index contributed by atoms with van der Waals surface area (Å²) in [4.78, 5) is 12.6. The molecular formula is C20H25ClN2O4S. The van der Waals surface area contributed by atoms with Crippen LogP contribution in [0.2, 0.25) is 0 Å². The van der Waals surface area contributed by atoms with Gasteiger partial charge in [0.2, 0.25) is 5.91 Å². The Morgan fingerprint density at radius 2 is 1.86 bits per heavy atom. The number of piperidine rings is 1. The molecule has 1 aliphatic heterocycles. The Morgan fingerprint density at radius 3 is 2.50 bits per heavy atom. The highest BCUT2D eigenvalue weighted by Crippen LogP contribution is 2.26. The maximum atomic E-state index is 12.4. The largest absolute Gasteiger partial charge is 0.457 e. The minimum Gasteiger partial charge on any atom is -0.457 e. The van der Waals surface area contributed by atoms with E-state index in [1.807, 2.05) is 0 Å². The van der Waals surface area contributed by atoms with E-state index in [1.165, 1.54) is 12.1 Å². The van der Waals surface area contributed by atoms with Crippen LogP contribution in [0.5, 0.6) is 11.5 Å². The molecule has 2 aromatic rings. The summed E-state index contributed by atoms with van der Waals surface area (Å²) in [6.45, 7) is 2.95. The summed E-state index contributed by atoms with van der Waals surface area (Å²) in [5.41, 5.74) is 0.712. The van der Waals surface area contributed by atoms with Crippen LogP contribution in [-0.4, -0.2) is 33.2 Å². The van der Waals surface area contributed by atoms with Gasteiger partial charge in [-0.2, -0.15) is 0 Å². The topological polar surface area (TPSA) is 84.5 Å². The molecule has 2 N–H and O–H groups in total. The van der Waals surface area contributed by atoms with Crippen molar-refractivity contribution in [3.8, 4) is 11.5 Å². The third-order valence-electron chi connectivity index (χ3n) is 4.59. The molecule has 2 aromatic carbocycles. The first kappa shape index (κ1) is 22.2. The monoisotopic (exact) mass is 424 g/mol. The van der Waals surface area contributed by atoms with E-state index in [-0.39, 0.29) is 29.1 Å².